The number of hydrogen-bond donors (Lipinski definition) is 2. The number of ether oxygens (including phenoxy) is 2. The number of rotatable bonds is 2. The Bertz CT molecular complexity index is 977. The van der Waals surface area contributed by atoms with Gasteiger partial charge < -0.3 is 35.2 Å². The Balaban J connectivity index is 0.000000528. The fourth-order valence-corrected chi connectivity index (χ4v) is 3.22. The maximum absolute atomic E-state index is 8.91. The molecule has 2 unspecified atom stereocenters. The number of methoxy groups -OCH3 is 2. The van der Waals surface area contributed by atoms with Gasteiger partial charge in [-0.1, -0.05) is 71.0 Å². The molecule has 0 aromatic heterocycles. The minimum absolute atomic E-state index is 0. The first-order valence-corrected chi connectivity index (χ1v) is 9.33. The Labute approximate surface area is 227 Å². The zero-order chi connectivity index (χ0) is 23.5. The fourth-order valence-electron chi connectivity index (χ4n) is 3.22. The Morgan fingerprint density at radius 1 is 0.765 bits per heavy atom. The molecule has 0 heterocycles. The van der Waals surface area contributed by atoms with Crippen LogP contribution in [0.2, 0.25) is 0 Å². The summed E-state index contributed by atoms with van der Waals surface area (Å²) in [5, 5.41) is 39.1. The van der Waals surface area contributed by atoms with Gasteiger partial charge in [0.2, 0.25) is 0 Å². The van der Waals surface area contributed by atoms with E-state index in [1.54, 1.807) is 14.2 Å². The summed E-state index contributed by atoms with van der Waals surface area (Å²) in [4.78, 5) is 8.25. The van der Waals surface area contributed by atoms with Crippen molar-refractivity contribution in [1.29, 1.82) is 0 Å². The van der Waals surface area contributed by atoms with E-state index in [9.17, 15) is 0 Å². The van der Waals surface area contributed by atoms with Gasteiger partial charge in [0.25, 0.3) is 0 Å². The largest absolute Gasteiger partial charge is 1.00 e. The zero-order valence-corrected chi connectivity index (χ0v) is 20.9. The monoisotopic (exact) mass is 654 g/mol. The van der Waals surface area contributed by atoms with Gasteiger partial charge in [-0.15, -0.1) is 0 Å². The van der Waals surface area contributed by atoms with Crippen molar-refractivity contribution < 1.29 is 69.7 Å². The van der Waals surface area contributed by atoms with Crippen LogP contribution in [0.1, 0.15) is 22.3 Å². The van der Waals surface area contributed by atoms with Gasteiger partial charge >= 0.3 is 44.8 Å². The third-order valence-electron chi connectivity index (χ3n) is 4.64. The molecular weight excluding hydrogens is 634 g/mol. The van der Waals surface area contributed by atoms with Gasteiger partial charge in [0, 0.05) is 25.3 Å². The zero-order valence-electron chi connectivity index (χ0n) is 18.0. The number of hydrogen-bond acceptors (Lipinski definition) is 9. The normalized spacial score (nSPS) is 19.1. The molecule has 2 aromatic rings. The van der Waals surface area contributed by atoms with E-state index < -0.39 is 5.09 Å². The molecule has 0 saturated carbocycles. The molecule has 0 radical (unpaired) electrons. The molecule has 0 amide bonds. The maximum atomic E-state index is 8.91. The van der Waals surface area contributed by atoms with Crippen molar-refractivity contribution in [3.63, 3.8) is 0 Å². The van der Waals surface area contributed by atoms with Crippen LogP contribution in [0, 0.1) is 15.3 Å². The molecule has 0 spiro atoms. The first-order valence-electron chi connectivity index (χ1n) is 9.33. The smallest absolute Gasteiger partial charge is 0.411 e. The molecule has 2 atom stereocenters. The topological polar surface area (TPSA) is 150 Å². The van der Waals surface area contributed by atoms with Crippen LogP contribution in [-0.4, -0.2) is 53.4 Å². The first kappa shape index (κ1) is 31.5. The van der Waals surface area contributed by atoms with E-state index in [0.717, 1.165) is 22.3 Å². The summed E-state index contributed by atoms with van der Waals surface area (Å²) in [6.07, 6.45) is 7.18. The second-order valence-corrected chi connectivity index (χ2v) is 6.40. The number of benzene rings is 2. The van der Waals surface area contributed by atoms with Crippen LogP contribution in [-0.2, 0) is 54.2 Å². The third-order valence-corrected chi connectivity index (χ3v) is 4.64. The predicted molar refractivity (Wildman–Crippen MR) is 120 cm³/mol. The minimum atomic E-state index is -1.75. The van der Waals surface area contributed by atoms with Crippen LogP contribution in [0.25, 0.3) is 12.2 Å². The standard InChI is InChI=1S/2C11H11NO2.2Ag.NO3/c2*1-14-10-7-6-8-4-2-3-5-9(8)11(10)12-13;;;2-1(3)4/h2*2-7,10,13H,1H3;;;/q;;2*+1;-1. The molecule has 2 N–H and O–H groups in total. The molecule has 188 valence electrons. The molecule has 2 aliphatic carbocycles. The SMILES string of the molecule is COC1C=Cc2ccccc2C1=NO.COC1C=Cc2ccccc2C1=NO.O=[N+]([O-])[O-].[Ag+].[Ag+]. The van der Waals surface area contributed by atoms with Crippen LogP contribution < -0.4 is 0 Å². The Kier molecular flexibility index (Phi) is 14.9. The number of oxime groups is 2. The second-order valence-electron chi connectivity index (χ2n) is 6.40. The van der Waals surface area contributed by atoms with Crippen molar-refractivity contribution in [2.24, 2.45) is 10.3 Å². The summed E-state index contributed by atoms with van der Waals surface area (Å²) < 4.78 is 10.3. The maximum Gasteiger partial charge on any atom is 1.00 e. The summed E-state index contributed by atoms with van der Waals surface area (Å²) >= 11 is 0. The van der Waals surface area contributed by atoms with E-state index in [4.69, 9.17) is 35.2 Å². The molecule has 0 fully saturated rings. The molecule has 10 nitrogen and oxygen atoms in total. The van der Waals surface area contributed by atoms with Crippen molar-refractivity contribution in [3.05, 3.63) is 98.3 Å². The van der Waals surface area contributed by atoms with Gasteiger partial charge in [-0.05, 0) is 23.3 Å². The molecule has 0 saturated heterocycles. The molecule has 12 heteroatoms. The third kappa shape index (κ3) is 8.35. The van der Waals surface area contributed by atoms with E-state index in [1.807, 2.05) is 72.8 Å². The summed E-state index contributed by atoms with van der Waals surface area (Å²) in [5.74, 6) is 0. The summed E-state index contributed by atoms with van der Waals surface area (Å²) in [7, 11) is 3.18. The summed E-state index contributed by atoms with van der Waals surface area (Å²) in [6, 6.07) is 15.5. The van der Waals surface area contributed by atoms with Crippen molar-refractivity contribution in [2.45, 2.75) is 12.2 Å². The van der Waals surface area contributed by atoms with Gasteiger partial charge in [0.1, 0.15) is 23.6 Å². The predicted octanol–water partition coefficient (Wildman–Crippen LogP) is 3.57. The molecule has 2 aromatic carbocycles. The summed E-state index contributed by atoms with van der Waals surface area (Å²) in [5.41, 5.74) is 5.06. The van der Waals surface area contributed by atoms with E-state index in [0.29, 0.717) is 11.4 Å². The molecule has 0 aliphatic heterocycles. The average Bonchev–Trinajstić information content (AvgIpc) is 2.82. The van der Waals surface area contributed by atoms with Crippen LogP contribution in [0.4, 0.5) is 0 Å². The van der Waals surface area contributed by atoms with Crippen LogP contribution in [0.5, 0.6) is 0 Å². The van der Waals surface area contributed by atoms with E-state index in [-0.39, 0.29) is 57.0 Å². The Morgan fingerprint density at radius 3 is 1.38 bits per heavy atom. The minimum Gasteiger partial charge on any atom is -0.411 e. The van der Waals surface area contributed by atoms with Crippen LogP contribution in [0.3, 0.4) is 0 Å². The molecule has 34 heavy (non-hydrogen) atoms. The Hall–Kier alpha value is -2.54. The van der Waals surface area contributed by atoms with Gasteiger partial charge in [-0.3, -0.25) is 0 Å². The van der Waals surface area contributed by atoms with Crippen LogP contribution in [0.15, 0.2) is 71.0 Å². The van der Waals surface area contributed by atoms with E-state index in [2.05, 4.69) is 10.3 Å². The van der Waals surface area contributed by atoms with Gasteiger partial charge in [-0.2, -0.15) is 0 Å². The molecule has 0 bridgehead atoms. The van der Waals surface area contributed by atoms with E-state index >= 15 is 0 Å². The van der Waals surface area contributed by atoms with Crippen LogP contribution >= 0.6 is 0 Å². The molecular formula is C22H22Ag2N3O7+. The summed E-state index contributed by atoms with van der Waals surface area (Å²) in [6.45, 7) is 0. The Morgan fingerprint density at radius 2 is 1.09 bits per heavy atom. The van der Waals surface area contributed by atoms with Gasteiger partial charge in [0.05, 0.1) is 5.09 Å². The van der Waals surface area contributed by atoms with Crippen molar-refractivity contribution in [1.82, 2.24) is 0 Å². The fraction of sp³-hybridized carbons (Fsp3) is 0.182. The molecule has 2 aliphatic rings. The van der Waals surface area contributed by atoms with Gasteiger partial charge in [0.15, 0.2) is 0 Å². The number of fused-ring (bicyclic) bond motifs is 2. The van der Waals surface area contributed by atoms with E-state index in [1.165, 1.54) is 0 Å². The van der Waals surface area contributed by atoms with Crippen molar-refractivity contribution in [2.75, 3.05) is 14.2 Å². The second kappa shape index (κ2) is 16.1. The number of nitrogens with zero attached hydrogens (tertiary/aromatic N) is 3. The van der Waals surface area contributed by atoms with Gasteiger partial charge in [-0.25, -0.2) is 0 Å². The average molecular weight is 656 g/mol. The van der Waals surface area contributed by atoms with Crippen molar-refractivity contribution >= 4 is 23.6 Å². The molecule has 4 rings (SSSR count). The quantitative estimate of drug-likeness (QED) is 0.217. The van der Waals surface area contributed by atoms with Crippen molar-refractivity contribution in [3.8, 4) is 0 Å². The first-order chi connectivity index (χ1) is 15.5.